The van der Waals surface area contributed by atoms with E-state index in [-0.39, 0.29) is 18.3 Å². The van der Waals surface area contributed by atoms with Crippen LogP contribution in [-0.2, 0) is 26.9 Å². The third kappa shape index (κ3) is 4.76. The Morgan fingerprint density at radius 1 is 1.04 bits per heavy atom. The second-order valence-corrected chi connectivity index (χ2v) is 7.85. The lowest BCUT2D eigenvalue weighted by atomic mass is 10.1. The van der Waals surface area contributed by atoms with Gasteiger partial charge >= 0.3 is 5.97 Å². The molecule has 7 nitrogen and oxygen atoms in total. The molecular formula is C18H16N2O5S. The predicted octanol–water partition coefficient (Wildman–Crippen LogP) is 2.64. The van der Waals surface area contributed by atoms with Crippen molar-refractivity contribution in [3.63, 3.8) is 0 Å². The molecule has 1 heterocycles. The van der Waals surface area contributed by atoms with Crippen molar-refractivity contribution in [2.75, 3.05) is 6.26 Å². The molecule has 134 valence electrons. The number of carbonyl (C=O) groups excluding carboxylic acids is 1. The van der Waals surface area contributed by atoms with Crippen LogP contribution in [0.1, 0.15) is 21.8 Å². The SMILES string of the molecule is CS(=O)(=O)Cc1ccc(C(=O)OCc2nnc(-c3ccccc3)o2)cc1. The van der Waals surface area contributed by atoms with E-state index in [0.717, 1.165) is 11.8 Å². The molecule has 0 atom stereocenters. The summed E-state index contributed by atoms with van der Waals surface area (Å²) in [5, 5.41) is 7.77. The van der Waals surface area contributed by atoms with Crippen molar-refractivity contribution in [3.8, 4) is 11.5 Å². The van der Waals surface area contributed by atoms with Crippen LogP contribution in [0.2, 0.25) is 0 Å². The van der Waals surface area contributed by atoms with Crippen LogP contribution in [0.25, 0.3) is 11.5 Å². The zero-order valence-corrected chi connectivity index (χ0v) is 14.8. The van der Waals surface area contributed by atoms with Crippen molar-refractivity contribution in [2.45, 2.75) is 12.4 Å². The molecule has 2 aromatic carbocycles. The molecule has 3 aromatic rings. The van der Waals surface area contributed by atoms with Crippen molar-refractivity contribution in [1.82, 2.24) is 10.2 Å². The van der Waals surface area contributed by atoms with Crippen LogP contribution in [0.15, 0.2) is 59.0 Å². The van der Waals surface area contributed by atoms with E-state index in [9.17, 15) is 13.2 Å². The van der Waals surface area contributed by atoms with Gasteiger partial charge in [-0.15, -0.1) is 10.2 Å². The maximum Gasteiger partial charge on any atom is 0.338 e. The molecule has 0 N–H and O–H groups in total. The lowest BCUT2D eigenvalue weighted by Crippen LogP contribution is -2.06. The molecule has 3 rings (SSSR count). The van der Waals surface area contributed by atoms with Crippen molar-refractivity contribution < 1.29 is 22.4 Å². The van der Waals surface area contributed by atoms with Gasteiger partial charge in [0.15, 0.2) is 16.4 Å². The smallest absolute Gasteiger partial charge is 0.338 e. The topological polar surface area (TPSA) is 99.4 Å². The van der Waals surface area contributed by atoms with Crippen molar-refractivity contribution in [3.05, 3.63) is 71.6 Å². The standard InChI is InChI=1S/C18H16N2O5S/c1-26(22,23)12-13-7-9-15(10-8-13)18(21)24-11-16-19-20-17(25-16)14-5-3-2-4-6-14/h2-10H,11-12H2,1H3. The van der Waals surface area contributed by atoms with Gasteiger partial charge in [0.25, 0.3) is 5.89 Å². The lowest BCUT2D eigenvalue weighted by molar-refractivity contribution is 0.0438. The van der Waals surface area contributed by atoms with Crippen LogP contribution >= 0.6 is 0 Å². The Morgan fingerprint density at radius 3 is 2.38 bits per heavy atom. The van der Waals surface area contributed by atoms with Crippen LogP contribution in [0, 0.1) is 0 Å². The molecule has 0 amide bonds. The van der Waals surface area contributed by atoms with E-state index in [1.54, 1.807) is 12.1 Å². The second-order valence-electron chi connectivity index (χ2n) is 5.71. The van der Waals surface area contributed by atoms with Crippen LogP contribution in [-0.4, -0.2) is 30.8 Å². The first-order valence-electron chi connectivity index (χ1n) is 7.72. The Balaban J connectivity index is 1.60. The quantitative estimate of drug-likeness (QED) is 0.613. The van der Waals surface area contributed by atoms with Gasteiger partial charge in [0, 0.05) is 11.8 Å². The molecular weight excluding hydrogens is 356 g/mol. The molecule has 0 bridgehead atoms. The molecule has 0 aliphatic carbocycles. The minimum absolute atomic E-state index is 0.0768. The third-order valence-electron chi connectivity index (χ3n) is 3.43. The number of ether oxygens (including phenoxy) is 1. The minimum Gasteiger partial charge on any atom is -0.452 e. The Hall–Kier alpha value is -3.00. The number of esters is 1. The van der Waals surface area contributed by atoms with Gasteiger partial charge in [0.05, 0.1) is 11.3 Å². The number of hydrogen-bond donors (Lipinski definition) is 0. The van der Waals surface area contributed by atoms with Crippen LogP contribution in [0.5, 0.6) is 0 Å². The zero-order valence-electron chi connectivity index (χ0n) is 14.0. The number of carbonyl (C=O) groups is 1. The largest absolute Gasteiger partial charge is 0.452 e. The number of hydrogen-bond acceptors (Lipinski definition) is 7. The zero-order chi connectivity index (χ0) is 18.6. The molecule has 0 aliphatic heterocycles. The summed E-state index contributed by atoms with van der Waals surface area (Å²) in [5.41, 5.74) is 1.69. The molecule has 0 radical (unpaired) electrons. The highest BCUT2D eigenvalue weighted by atomic mass is 32.2. The number of aromatic nitrogens is 2. The first-order valence-corrected chi connectivity index (χ1v) is 9.78. The summed E-state index contributed by atoms with van der Waals surface area (Å²) in [6, 6.07) is 15.5. The van der Waals surface area contributed by atoms with E-state index in [1.807, 2.05) is 30.3 Å². The van der Waals surface area contributed by atoms with E-state index >= 15 is 0 Å². The summed E-state index contributed by atoms with van der Waals surface area (Å²) in [6.07, 6.45) is 1.16. The van der Waals surface area contributed by atoms with Gasteiger partial charge in [-0.25, -0.2) is 13.2 Å². The van der Waals surface area contributed by atoms with E-state index < -0.39 is 15.8 Å². The highest BCUT2D eigenvalue weighted by molar-refractivity contribution is 7.89. The summed E-state index contributed by atoms with van der Waals surface area (Å²) in [5.74, 6) is -0.102. The Labute approximate surface area is 150 Å². The summed E-state index contributed by atoms with van der Waals surface area (Å²) in [6.45, 7) is -0.149. The minimum atomic E-state index is -3.12. The van der Waals surface area contributed by atoms with Gasteiger partial charge in [-0.1, -0.05) is 30.3 Å². The van der Waals surface area contributed by atoms with Crippen LogP contribution in [0.3, 0.4) is 0 Å². The van der Waals surface area contributed by atoms with Gasteiger partial charge in [-0.05, 0) is 29.8 Å². The number of benzene rings is 2. The van der Waals surface area contributed by atoms with Crippen LogP contribution < -0.4 is 0 Å². The Morgan fingerprint density at radius 2 is 1.73 bits per heavy atom. The maximum absolute atomic E-state index is 12.1. The number of nitrogens with zero attached hydrogens (tertiary/aromatic N) is 2. The molecule has 0 saturated carbocycles. The highest BCUT2D eigenvalue weighted by Crippen LogP contribution is 2.17. The maximum atomic E-state index is 12.1. The lowest BCUT2D eigenvalue weighted by Gasteiger charge is -2.04. The Bertz CT molecular complexity index is 996. The molecule has 0 fully saturated rings. The van der Waals surface area contributed by atoms with Gasteiger partial charge in [0.2, 0.25) is 5.89 Å². The first-order chi connectivity index (χ1) is 12.4. The summed E-state index contributed by atoms with van der Waals surface area (Å²) in [7, 11) is -3.12. The van der Waals surface area contributed by atoms with Gasteiger partial charge in [0.1, 0.15) is 0 Å². The van der Waals surface area contributed by atoms with E-state index in [1.165, 1.54) is 12.1 Å². The number of sulfone groups is 1. The predicted molar refractivity (Wildman–Crippen MR) is 93.8 cm³/mol. The van der Waals surface area contributed by atoms with Gasteiger partial charge in [-0.3, -0.25) is 0 Å². The third-order valence-corrected chi connectivity index (χ3v) is 4.29. The van der Waals surface area contributed by atoms with E-state index in [2.05, 4.69) is 10.2 Å². The van der Waals surface area contributed by atoms with Gasteiger partial charge < -0.3 is 9.15 Å². The molecule has 0 saturated heterocycles. The fourth-order valence-electron chi connectivity index (χ4n) is 2.26. The monoisotopic (exact) mass is 372 g/mol. The molecule has 0 unspecified atom stereocenters. The van der Waals surface area contributed by atoms with E-state index in [4.69, 9.17) is 9.15 Å². The van der Waals surface area contributed by atoms with Crippen molar-refractivity contribution >= 4 is 15.8 Å². The second kappa shape index (κ2) is 7.49. The number of rotatable bonds is 6. The average molecular weight is 372 g/mol. The normalized spacial score (nSPS) is 11.3. The van der Waals surface area contributed by atoms with Crippen molar-refractivity contribution in [1.29, 1.82) is 0 Å². The highest BCUT2D eigenvalue weighted by Gasteiger charge is 2.13. The molecule has 8 heteroatoms. The fourth-order valence-corrected chi connectivity index (χ4v) is 3.06. The summed E-state index contributed by atoms with van der Waals surface area (Å²) in [4.78, 5) is 12.1. The molecule has 0 spiro atoms. The molecule has 0 aliphatic rings. The Kier molecular flexibility index (Phi) is 5.13. The average Bonchev–Trinajstić information content (AvgIpc) is 3.09. The fraction of sp³-hybridized carbons (Fsp3) is 0.167. The van der Waals surface area contributed by atoms with Crippen LogP contribution in [0.4, 0.5) is 0 Å². The molecule has 26 heavy (non-hydrogen) atoms. The van der Waals surface area contributed by atoms with E-state index in [0.29, 0.717) is 17.0 Å². The first kappa shape index (κ1) is 17.8. The summed E-state index contributed by atoms with van der Waals surface area (Å²) < 4.78 is 33.2. The van der Waals surface area contributed by atoms with Gasteiger partial charge in [-0.2, -0.15) is 0 Å². The summed E-state index contributed by atoms with van der Waals surface area (Å²) >= 11 is 0. The van der Waals surface area contributed by atoms with Crippen molar-refractivity contribution in [2.24, 2.45) is 0 Å². The molecule has 1 aromatic heterocycles.